The summed E-state index contributed by atoms with van der Waals surface area (Å²) in [4.78, 5) is 18.0. The Kier molecular flexibility index (Phi) is 6.94. The maximum Gasteiger partial charge on any atom is 0.410 e. The number of halogens is 2. The van der Waals surface area contributed by atoms with Crippen molar-refractivity contribution in [2.75, 3.05) is 32.1 Å². The number of pyridine rings is 1. The monoisotopic (exact) mass is 449 g/mol. The molecule has 1 aromatic carbocycles. The minimum Gasteiger partial charge on any atom is -0.497 e. The molecule has 1 N–H and O–H groups in total. The number of methoxy groups -OCH3 is 1. The third-order valence-electron chi connectivity index (χ3n) is 5.18. The number of carbonyl (C=O) groups excluding carboxylic acids is 1. The summed E-state index contributed by atoms with van der Waals surface area (Å²) in [6.07, 6.45) is 1.74. The van der Waals surface area contributed by atoms with E-state index in [-0.39, 0.29) is 19.4 Å². The van der Waals surface area contributed by atoms with Gasteiger partial charge in [-0.3, -0.25) is 0 Å². The van der Waals surface area contributed by atoms with Gasteiger partial charge < -0.3 is 19.7 Å². The Hall–Kier alpha value is -2.54. The average Bonchev–Trinajstić information content (AvgIpc) is 2.72. The Morgan fingerprint density at radius 3 is 2.48 bits per heavy atom. The highest BCUT2D eigenvalue weighted by Gasteiger charge is 2.37. The molecule has 0 saturated carbocycles. The van der Waals surface area contributed by atoms with Gasteiger partial charge in [0.25, 0.3) is 0 Å². The minimum atomic E-state index is -1.44. The van der Waals surface area contributed by atoms with Crippen LogP contribution in [-0.2, 0) is 4.74 Å². The SMILES string of the molecule is COc1ccc(-c2cnc(Cl)cc2NCC2(F)CCN(C(=O)OC(C)(C)C)CC2)cc1. The van der Waals surface area contributed by atoms with Crippen molar-refractivity contribution in [3.8, 4) is 16.9 Å². The molecule has 6 nitrogen and oxygen atoms in total. The maximum atomic E-state index is 15.5. The fourth-order valence-electron chi connectivity index (χ4n) is 3.42. The molecule has 1 amide bonds. The van der Waals surface area contributed by atoms with Gasteiger partial charge in [0.05, 0.1) is 7.11 Å². The van der Waals surface area contributed by atoms with E-state index >= 15 is 4.39 Å². The lowest BCUT2D eigenvalue weighted by molar-refractivity contribution is 0.00576. The van der Waals surface area contributed by atoms with E-state index < -0.39 is 17.4 Å². The van der Waals surface area contributed by atoms with Crippen molar-refractivity contribution >= 4 is 23.4 Å². The highest BCUT2D eigenvalue weighted by Crippen LogP contribution is 2.33. The fourth-order valence-corrected chi connectivity index (χ4v) is 3.58. The Labute approximate surface area is 187 Å². The topological polar surface area (TPSA) is 63.7 Å². The van der Waals surface area contributed by atoms with Gasteiger partial charge in [-0.15, -0.1) is 0 Å². The summed E-state index contributed by atoms with van der Waals surface area (Å²) in [5.41, 5.74) is 0.436. The highest BCUT2D eigenvalue weighted by atomic mass is 35.5. The number of hydrogen-bond acceptors (Lipinski definition) is 5. The van der Waals surface area contributed by atoms with Crippen molar-refractivity contribution in [3.63, 3.8) is 0 Å². The second kappa shape index (κ2) is 9.30. The molecule has 0 unspecified atom stereocenters. The zero-order valence-electron chi connectivity index (χ0n) is 18.4. The predicted molar refractivity (Wildman–Crippen MR) is 121 cm³/mol. The summed E-state index contributed by atoms with van der Waals surface area (Å²) in [5.74, 6) is 0.750. The molecular weight excluding hydrogens is 421 g/mol. The van der Waals surface area contributed by atoms with Gasteiger partial charge in [-0.05, 0) is 44.5 Å². The summed E-state index contributed by atoms with van der Waals surface area (Å²) in [6.45, 7) is 6.19. The van der Waals surface area contributed by atoms with E-state index in [0.29, 0.717) is 23.9 Å². The van der Waals surface area contributed by atoms with Crippen LogP contribution in [0.2, 0.25) is 5.15 Å². The Morgan fingerprint density at radius 1 is 1.26 bits per heavy atom. The molecule has 3 rings (SSSR count). The summed E-state index contributed by atoms with van der Waals surface area (Å²) < 4.78 is 26.1. The normalized spacial score (nSPS) is 16.0. The first-order valence-electron chi connectivity index (χ1n) is 10.3. The smallest absolute Gasteiger partial charge is 0.410 e. The number of amides is 1. The van der Waals surface area contributed by atoms with Crippen molar-refractivity contribution in [1.82, 2.24) is 9.88 Å². The van der Waals surface area contributed by atoms with Gasteiger partial charge in [0, 0.05) is 49.9 Å². The number of rotatable bonds is 5. The molecule has 0 spiro atoms. The number of nitrogens with one attached hydrogen (secondary N) is 1. The van der Waals surface area contributed by atoms with Crippen molar-refractivity contribution < 1.29 is 18.7 Å². The van der Waals surface area contributed by atoms with Gasteiger partial charge in [0.15, 0.2) is 0 Å². The molecule has 0 atom stereocenters. The van der Waals surface area contributed by atoms with Crippen LogP contribution in [-0.4, -0.2) is 54.0 Å². The lowest BCUT2D eigenvalue weighted by Crippen LogP contribution is -2.48. The zero-order chi connectivity index (χ0) is 22.6. The quantitative estimate of drug-likeness (QED) is 0.605. The predicted octanol–water partition coefficient (Wildman–Crippen LogP) is 5.56. The van der Waals surface area contributed by atoms with E-state index in [0.717, 1.165) is 16.9 Å². The van der Waals surface area contributed by atoms with E-state index in [2.05, 4.69) is 10.3 Å². The van der Waals surface area contributed by atoms with E-state index in [1.165, 1.54) is 0 Å². The van der Waals surface area contributed by atoms with Crippen LogP contribution in [0.15, 0.2) is 36.5 Å². The number of anilines is 1. The van der Waals surface area contributed by atoms with Gasteiger partial charge in [0.2, 0.25) is 0 Å². The number of hydrogen-bond donors (Lipinski definition) is 1. The number of alkyl halides is 1. The number of benzene rings is 1. The second-order valence-electron chi connectivity index (χ2n) is 8.75. The maximum absolute atomic E-state index is 15.5. The van der Waals surface area contributed by atoms with Gasteiger partial charge in [-0.2, -0.15) is 0 Å². The first kappa shape index (κ1) is 23.1. The van der Waals surface area contributed by atoms with Crippen LogP contribution in [0.1, 0.15) is 33.6 Å². The first-order valence-corrected chi connectivity index (χ1v) is 10.7. The first-order chi connectivity index (χ1) is 14.6. The Balaban J connectivity index is 1.66. The van der Waals surface area contributed by atoms with Crippen molar-refractivity contribution in [3.05, 3.63) is 41.7 Å². The molecule has 0 bridgehead atoms. The molecule has 1 aliphatic heterocycles. The molecule has 1 fully saturated rings. The molecule has 0 radical (unpaired) electrons. The van der Waals surface area contributed by atoms with E-state index in [1.807, 2.05) is 45.0 Å². The second-order valence-corrected chi connectivity index (χ2v) is 9.14. The van der Waals surface area contributed by atoms with Crippen LogP contribution in [0.5, 0.6) is 5.75 Å². The number of likely N-dealkylation sites (tertiary alicyclic amines) is 1. The van der Waals surface area contributed by atoms with Crippen LogP contribution in [0.3, 0.4) is 0 Å². The molecule has 8 heteroatoms. The number of piperidine rings is 1. The van der Waals surface area contributed by atoms with Crippen LogP contribution >= 0.6 is 11.6 Å². The molecule has 0 aliphatic carbocycles. The van der Waals surface area contributed by atoms with E-state index in [4.69, 9.17) is 21.1 Å². The van der Waals surface area contributed by atoms with Crippen molar-refractivity contribution in [2.24, 2.45) is 0 Å². The lowest BCUT2D eigenvalue weighted by Gasteiger charge is -2.37. The summed E-state index contributed by atoms with van der Waals surface area (Å²) >= 11 is 6.09. The summed E-state index contributed by atoms with van der Waals surface area (Å²) in [6, 6.07) is 9.24. The number of ether oxygens (including phenoxy) is 2. The number of nitrogens with zero attached hydrogens (tertiary/aromatic N) is 2. The van der Waals surface area contributed by atoms with Crippen LogP contribution in [0, 0.1) is 0 Å². The molecule has 2 heterocycles. The number of aromatic nitrogens is 1. The molecule has 31 heavy (non-hydrogen) atoms. The number of carbonyl (C=O) groups is 1. The van der Waals surface area contributed by atoms with Crippen molar-refractivity contribution in [1.29, 1.82) is 0 Å². The van der Waals surface area contributed by atoms with E-state index in [9.17, 15) is 4.79 Å². The lowest BCUT2D eigenvalue weighted by atomic mass is 9.93. The Morgan fingerprint density at radius 2 is 1.90 bits per heavy atom. The fraction of sp³-hybridized carbons (Fsp3) is 0.478. The molecule has 168 valence electrons. The molecule has 1 aliphatic rings. The van der Waals surface area contributed by atoms with Gasteiger partial charge in [0.1, 0.15) is 22.2 Å². The summed E-state index contributed by atoms with van der Waals surface area (Å²) in [7, 11) is 1.61. The molecule has 1 saturated heterocycles. The third kappa shape index (κ3) is 6.23. The van der Waals surface area contributed by atoms with Crippen molar-refractivity contribution in [2.45, 2.75) is 44.9 Å². The standard InChI is InChI=1S/C23H29ClFN3O3/c1-22(2,3)31-21(29)28-11-9-23(25,10-12-28)15-27-19-13-20(24)26-14-18(19)16-5-7-17(30-4)8-6-16/h5-8,13-14H,9-12,15H2,1-4H3,(H,26,27). The van der Waals surface area contributed by atoms with Crippen LogP contribution in [0.4, 0.5) is 14.9 Å². The largest absolute Gasteiger partial charge is 0.497 e. The zero-order valence-corrected chi connectivity index (χ0v) is 19.1. The minimum absolute atomic E-state index is 0.110. The van der Waals surface area contributed by atoms with E-state index in [1.54, 1.807) is 24.3 Å². The highest BCUT2D eigenvalue weighted by molar-refractivity contribution is 6.29. The third-order valence-corrected chi connectivity index (χ3v) is 5.39. The molecule has 1 aromatic heterocycles. The van der Waals surface area contributed by atoms with Gasteiger partial charge >= 0.3 is 6.09 Å². The van der Waals surface area contributed by atoms with Crippen LogP contribution < -0.4 is 10.1 Å². The summed E-state index contributed by atoms with van der Waals surface area (Å²) in [5, 5.41) is 3.53. The Bertz CT molecular complexity index is 907. The average molecular weight is 450 g/mol. The van der Waals surface area contributed by atoms with Gasteiger partial charge in [-0.1, -0.05) is 23.7 Å². The molecular formula is C23H29ClFN3O3. The van der Waals surface area contributed by atoms with Gasteiger partial charge in [-0.25, -0.2) is 14.2 Å². The van der Waals surface area contributed by atoms with Crippen LogP contribution in [0.25, 0.3) is 11.1 Å². The molecule has 2 aromatic rings.